The maximum absolute atomic E-state index is 12.4. The topological polar surface area (TPSA) is 53.8 Å². The van der Waals surface area contributed by atoms with Gasteiger partial charge in [0.2, 0.25) is 5.91 Å². The molecule has 2 amide bonds. The molecule has 1 aliphatic heterocycles. The van der Waals surface area contributed by atoms with Crippen molar-refractivity contribution in [1.29, 1.82) is 0 Å². The Bertz CT molecular complexity index is 707. The van der Waals surface area contributed by atoms with Crippen LogP contribution < -0.4 is 0 Å². The molecule has 0 unspecified atom stereocenters. The lowest BCUT2D eigenvalue weighted by Gasteiger charge is -2.34. The third kappa shape index (κ3) is 3.82. The van der Waals surface area contributed by atoms with Crippen molar-refractivity contribution in [1.82, 2.24) is 9.80 Å². The molecule has 0 saturated carbocycles. The summed E-state index contributed by atoms with van der Waals surface area (Å²) >= 11 is 1.57. The van der Waals surface area contributed by atoms with Crippen LogP contribution in [0, 0.1) is 6.92 Å². The quantitative estimate of drug-likeness (QED) is 0.800. The number of benzene rings is 1. The molecule has 1 fully saturated rings. The molecule has 2 heterocycles. The fourth-order valence-electron chi connectivity index (χ4n) is 2.66. The number of hydrogen-bond donors (Lipinski definition) is 0. The Balaban J connectivity index is 1.48. The molecule has 1 saturated heterocycles. The van der Waals surface area contributed by atoms with Crippen molar-refractivity contribution in [2.75, 3.05) is 31.9 Å². The van der Waals surface area contributed by atoms with Crippen LogP contribution in [0.3, 0.4) is 0 Å². The molecule has 0 bridgehead atoms. The molecular formula is C18H20N2O3S. The van der Waals surface area contributed by atoms with Crippen LogP contribution in [0.1, 0.15) is 16.1 Å². The van der Waals surface area contributed by atoms with E-state index in [-0.39, 0.29) is 11.8 Å². The van der Waals surface area contributed by atoms with Crippen molar-refractivity contribution in [2.24, 2.45) is 0 Å². The highest BCUT2D eigenvalue weighted by Gasteiger charge is 2.25. The van der Waals surface area contributed by atoms with Gasteiger partial charge in [-0.1, -0.05) is 18.2 Å². The summed E-state index contributed by atoms with van der Waals surface area (Å²) in [5.41, 5.74) is 1.18. The van der Waals surface area contributed by atoms with Crippen LogP contribution in [0.2, 0.25) is 0 Å². The third-order valence-corrected chi connectivity index (χ3v) is 5.26. The third-order valence-electron chi connectivity index (χ3n) is 4.10. The first-order valence-electron chi connectivity index (χ1n) is 7.94. The molecule has 5 nitrogen and oxygen atoms in total. The summed E-state index contributed by atoms with van der Waals surface area (Å²) in [6.07, 6.45) is 1.50. The molecule has 1 aromatic heterocycles. The van der Waals surface area contributed by atoms with Crippen LogP contribution in [0.5, 0.6) is 0 Å². The minimum absolute atomic E-state index is 0.110. The Kier molecular flexibility index (Phi) is 5.25. The minimum atomic E-state index is -0.110. The number of hydrogen-bond acceptors (Lipinski definition) is 4. The van der Waals surface area contributed by atoms with E-state index >= 15 is 0 Å². The van der Waals surface area contributed by atoms with Gasteiger partial charge in [0, 0.05) is 31.1 Å². The van der Waals surface area contributed by atoms with Crippen LogP contribution in [0.25, 0.3) is 0 Å². The highest BCUT2D eigenvalue weighted by Crippen LogP contribution is 2.22. The Morgan fingerprint density at radius 1 is 1.04 bits per heavy atom. The average molecular weight is 344 g/mol. The van der Waals surface area contributed by atoms with Gasteiger partial charge in [-0.25, -0.2) is 0 Å². The van der Waals surface area contributed by atoms with Gasteiger partial charge in [0.1, 0.15) is 0 Å². The number of thioether (sulfide) groups is 1. The maximum Gasteiger partial charge on any atom is 0.289 e. The molecule has 0 aliphatic carbocycles. The molecule has 0 atom stereocenters. The van der Waals surface area contributed by atoms with Crippen molar-refractivity contribution in [2.45, 2.75) is 11.8 Å². The summed E-state index contributed by atoms with van der Waals surface area (Å²) in [7, 11) is 0. The molecule has 6 heteroatoms. The Morgan fingerprint density at radius 2 is 1.75 bits per heavy atom. The van der Waals surface area contributed by atoms with E-state index in [4.69, 9.17) is 4.42 Å². The number of rotatable bonds is 4. The van der Waals surface area contributed by atoms with Crippen molar-refractivity contribution in [3.8, 4) is 0 Å². The molecule has 0 N–H and O–H groups in total. The van der Waals surface area contributed by atoms with Gasteiger partial charge in [-0.15, -0.1) is 11.8 Å². The standard InChI is InChI=1S/C18H20N2O3S/c1-14-5-2-3-7-16(14)24-13-17(21)19-8-10-20(11-9-19)18(22)15-6-4-12-23-15/h2-7,12H,8-11,13H2,1H3. The summed E-state index contributed by atoms with van der Waals surface area (Å²) in [5.74, 6) is 0.788. The molecule has 126 valence electrons. The molecule has 1 aliphatic rings. The van der Waals surface area contributed by atoms with Crippen LogP contribution in [-0.4, -0.2) is 53.5 Å². The first kappa shape index (κ1) is 16.6. The van der Waals surface area contributed by atoms with Gasteiger partial charge in [0.15, 0.2) is 5.76 Å². The minimum Gasteiger partial charge on any atom is -0.459 e. The second kappa shape index (κ2) is 7.57. The largest absolute Gasteiger partial charge is 0.459 e. The average Bonchev–Trinajstić information content (AvgIpc) is 3.15. The highest BCUT2D eigenvalue weighted by molar-refractivity contribution is 8.00. The number of nitrogens with zero attached hydrogens (tertiary/aromatic N) is 2. The molecule has 3 rings (SSSR count). The normalized spacial score (nSPS) is 14.7. The van der Waals surface area contributed by atoms with Crippen molar-refractivity contribution in [3.05, 3.63) is 54.0 Å². The molecular weight excluding hydrogens is 324 g/mol. The van der Waals surface area contributed by atoms with Gasteiger partial charge in [-0.3, -0.25) is 9.59 Å². The van der Waals surface area contributed by atoms with Gasteiger partial charge < -0.3 is 14.2 Å². The van der Waals surface area contributed by atoms with E-state index in [0.29, 0.717) is 37.7 Å². The van der Waals surface area contributed by atoms with Crippen molar-refractivity contribution < 1.29 is 14.0 Å². The lowest BCUT2D eigenvalue weighted by atomic mass is 10.2. The summed E-state index contributed by atoms with van der Waals surface area (Å²) in [6.45, 7) is 4.27. The van der Waals surface area contributed by atoms with Crippen LogP contribution >= 0.6 is 11.8 Å². The Labute approximate surface area is 145 Å². The van der Waals surface area contributed by atoms with E-state index in [1.165, 1.54) is 11.8 Å². The SMILES string of the molecule is Cc1ccccc1SCC(=O)N1CCN(C(=O)c2ccco2)CC1. The monoisotopic (exact) mass is 344 g/mol. The number of aryl methyl sites for hydroxylation is 1. The van der Waals surface area contributed by atoms with E-state index in [1.54, 1.807) is 28.8 Å². The molecule has 0 spiro atoms. The summed E-state index contributed by atoms with van der Waals surface area (Å²) < 4.78 is 5.15. The first-order chi connectivity index (χ1) is 11.6. The zero-order valence-corrected chi connectivity index (χ0v) is 14.4. The summed E-state index contributed by atoms with van der Waals surface area (Å²) in [6, 6.07) is 11.4. The smallest absolute Gasteiger partial charge is 0.289 e. The maximum atomic E-state index is 12.4. The Hall–Kier alpha value is -2.21. The van der Waals surface area contributed by atoms with Gasteiger partial charge in [-0.05, 0) is 30.7 Å². The van der Waals surface area contributed by atoms with Crippen molar-refractivity contribution >= 4 is 23.6 Å². The van der Waals surface area contributed by atoms with Crippen LogP contribution in [0.15, 0.2) is 52.0 Å². The highest BCUT2D eigenvalue weighted by atomic mass is 32.2. The molecule has 0 radical (unpaired) electrons. The molecule has 24 heavy (non-hydrogen) atoms. The fourth-order valence-corrected chi connectivity index (χ4v) is 3.60. The van der Waals surface area contributed by atoms with Gasteiger partial charge in [0.05, 0.1) is 12.0 Å². The summed E-state index contributed by atoms with van der Waals surface area (Å²) in [4.78, 5) is 29.3. The summed E-state index contributed by atoms with van der Waals surface area (Å²) in [5, 5.41) is 0. The number of furan rings is 1. The lowest BCUT2D eigenvalue weighted by Crippen LogP contribution is -2.51. The Morgan fingerprint density at radius 3 is 2.42 bits per heavy atom. The molecule has 1 aromatic carbocycles. The van der Waals surface area contributed by atoms with E-state index in [9.17, 15) is 9.59 Å². The van der Waals surface area contributed by atoms with Gasteiger partial charge >= 0.3 is 0 Å². The number of amides is 2. The van der Waals surface area contributed by atoms with E-state index < -0.39 is 0 Å². The van der Waals surface area contributed by atoms with Gasteiger partial charge in [0.25, 0.3) is 5.91 Å². The van der Waals surface area contributed by atoms with Crippen LogP contribution in [-0.2, 0) is 4.79 Å². The van der Waals surface area contributed by atoms with Crippen LogP contribution in [0.4, 0.5) is 0 Å². The van der Waals surface area contributed by atoms with E-state index in [0.717, 1.165) is 4.90 Å². The van der Waals surface area contributed by atoms with Gasteiger partial charge in [-0.2, -0.15) is 0 Å². The second-order valence-electron chi connectivity index (χ2n) is 5.70. The lowest BCUT2D eigenvalue weighted by molar-refractivity contribution is -0.129. The zero-order valence-electron chi connectivity index (χ0n) is 13.6. The van der Waals surface area contributed by atoms with E-state index in [1.807, 2.05) is 36.1 Å². The fraction of sp³-hybridized carbons (Fsp3) is 0.333. The zero-order chi connectivity index (χ0) is 16.9. The predicted molar refractivity (Wildman–Crippen MR) is 93.1 cm³/mol. The molecule has 2 aromatic rings. The number of piperazine rings is 1. The van der Waals surface area contributed by atoms with Crippen molar-refractivity contribution in [3.63, 3.8) is 0 Å². The number of carbonyl (C=O) groups excluding carboxylic acids is 2. The predicted octanol–water partition coefficient (Wildman–Crippen LogP) is 2.66. The second-order valence-corrected chi connectivity index (χ2v) is 6.72. The van der Waals surface area contributed by atoms with E-state index in [2.05, 4.69) is 0 Å². The first-order valence-corrected chi connectivity index (χ1v) is 8.92. The number of carbonyl (C=O) groups is 2.